The molecule has 0 saturated carbocycles. The first kappa shape index (κ1) is 16.1. The van der Waals surface area contributed by atoms with Gasteiger partial charge in [0.15, 0.2) is 5.65 Å². The van der Waals surface area contributed by atoms with Crippen molar-refractivity contribution in [3.05, 3.63) is 23.0 Å². The number of sulfonamides is 1. The number of aromatic nitrogens is 4. The molecule has 1 unspecified atom stereocenters. The summed E-state index contributed by atoms with van der Waals surface area (Å²) in [7, 11) is -3.30. The van der Waals surface area contributed by atoms with Gasteiger partial charge in [-0.2, -0.15) is 4.31 Å². The van der Waals surface area contributed by atoms with Crippen molar-refractivity contribution in [2.75, 3.05) is 18.8 Å². The molecule has 2 aromatic heterocycles. The van der Waals surface area contributed by atoms with Crippen LogP contribution in [0.1, 0.15) is 32.7 Å². The lowest BCUT2D eigenvalue weighted by molar-refractivity contribution is 0.265. The maximum Gasteiger partial charge on any atom is 0.328 e. The smallest absolute Gasteiger partial charge is 0.303 e. The summed E-state index contributed by atoms with van der Waals surface area (Å²) in [4.78, 5) is 23.0. The van der Waals surface area contributed by atoms with E-state index in [4.69, 9.17) is 0 Å². The number of nitrogens with zero attached hydrogens (tertiary/aromatic N) is 4. The fourth-order valence-corrected chi connectivity index (χ4v) is 4.98. The fraction of sp³-hybridized carbons (Fsp3) is 0.643. The molecule has 1 atom stereocenters. The number of rotatable bonds is 4. The Bertz CT molecular complexity index is 855. The molecule has 1 N–H and O–H groups in total. The van der Waals surface area contributed by atoms with Crippen LogP contribution in [0.5, 0.6) is 0 Å². The van der Waals surface area contributed by atoms with Gasteiger partial charge in [-0.25, -0.2) is 23.2 Å². The van der Waals surface area contributed by atoms with Crippen molar-refractivity contribution in [1.82, 2.24) is 23.8 Å². The molecule has 0 aliphatic carbocycles. The van der Waals surface area contributed by atoms with Crippen LogP contribution < -0.4 is 5.69 Å². The van der Waals surface area contributed by atoms with Gasteiger partial charge in [-0.05, 0) is 18.8 Å². The zero-order valence-corrected chi connectivity index (χ0v) is 14.1. The average molecular weight is 339 g/mol. The molecule has 0 amide bonds. The molecule has 1 aliphatic rings. The topological polar surface area (TPSA) is 101 Å². The Kier molecular flexibility index (Phi) is 4.24. The minimum Gasteiger partial charge on any atom is -0.303 e. The van der Waals surface area contributed by atoms with E-state index in [2.05, 4.69) is 15.0 Å². The standard InChI is InChI=1S/C14H21N5O3S/c1-10(2)8-23(21,22)18-5-3-4-11(7-18)19-13-12(17-14(19)20)6-15-9-16-13/h6,9-11H,3-5,7-8H2,1-2H3,(H,17,20). The second-order valence-electron chi connectivity index (χ2n) is 6.39. The van der Waals surface area contributed by atoms with Crippen molar-refractivity contribution in [3.63, 3.8) is 0 Å². The zero-order chi connectivity index (χ0) is 16.6. The Hall–Kier alpha value is -1.74. The molecule has 3 rings (SSSR count). The number of hydrogen-bond acceptors (Lipinski definition) is 5. The van der Waals surface area contributed by atoms with Gasteiger partial charge in [0.2, 0.25) is 10.0 Å². The molecular formula is C14H21N5O3S. The highest BCUT2D eigenvalue weighted by atomic mass is 32.2. The third-order valence-corrected chi connectivity index (χ3v) is 6.25. The van der Waals surface area contributed by atoms with Gasteiger partial charge in [0.25, 0.3) is 0 Å². The highest BCUT2D eigenvalue weighted by Gasteiger charge is 2.31. The van der Waals surface area contributed by atoms with Crippen LogP contribution in [0.3, 0.4) is 0 Å². The highest BCUT2D eigenvalue weighted by molar-refractivity contribution is 7.89. The molecule has 9 heteroatoms. The van der Waals surface area contributed by atoms with Crippen LogP contribution in [-0.4, -0.2) is 51.1 Å². The largest absolute Gasteiger partial charge is 0.328 e. The summed E-state index contributed by atoms with van der Waals surface area (Å²) in [6.07, 6.45) is 4.43. The number of imidazole rings is 1. The van der Waals surface area contributed by atoms with E-state index in [0.717, 1.165) is 12.8 Å². The summed E-state index contributed by atoms with van der Waals surface area (Å²) >= 11 is 0. The lowest BCUT2D eigenvalue weighted by atomic mass is 10.1. The summed E-state index contributed by atoms with van der Waals surface area (Å²) in [5.41, 5.74) is 0.825. The molecule has 1 saturated heterocycles. The average Bonchev–Trinajstić information content (AvgIpc) is 2.82. The summed E-state index contributed by atoms with van der Waals surface area (Å²) in [6, 6.07) is -0.207. The van der Waals surface area contributed by atoms with Crippen molar-refractivity contribution in [2.45, 2.75) is 32.7 Å². The number of aromatic amines is 1. The van der Waals surface area contributed by atoms with Gasteiger partial charge < -0.3 is 4.98 Å². The number of nitrogens with one attached hydrogen (secondary N) is 1. The van der Waals surface area contributed by atoms with Gasteiger partial charge in [-0.3, -0.25) is 4.57 Å². The third kappa shape index (κ3) is 3.16. The fourth-order valence-electron chi connectivity index (χ4n) is 3.12. The minimum atomic E-state index is -3.30. The minimum absolute atomic E-state index is 0.0731. The van der Waals surface area contributed by atoms with E-state index >= 15 is 0 Å². The molecule has 23 heavy (non-hydrogen) atoms. The monoisotopic (exact) mass is 339 g/mol. The molecular weight excluding hydrogens is 318 g/mol. The Morgan fingerprint density at radius 3 is 2.96 bits per heavy atom. The van der Waals surface area contributed by atoms with Crippen LogP contribution in [0.15, 0.2) is 17.3 Å². The van der Waals surface area contributed by atoms with E-state index in [0.29, 0.717) is 24.3 Å². The first-order valence-corrected chi connectivity index (χ1v) is 9.37. The maximum absolute atomic E-state index is 12.5. The third-order valence-electron chi connectivity index (χ3n) is 4.04. The maximum atomic E-state index is 12.5. The second kappa shape index (κ2) is 6.04. The Morgan fingerprint density at radius 1 is 1.43 bits per heavy atom. The van der Waals surface area contributed by atoms with Crippen molar-refractivity contribution in [1.29, 1.82) is 0 Å². The molecule has 0 bridgehead atoms. The van der Waals surface area contributed by atoms with Gasteiger partial charge in [-0.15, -0.1) is 0 Å². The summed E-state index contributed by atoms with van der Waals surface area (Å²) in [6.45, 7) is 4.60. The lowest BCUT2D eigenvalue weighted by Gasteiger charge is -2.32. The molecule has 1 aliphatic heterocycles. The summed E-state index contributed by atoms with van der Waals surface area (Å²) in [5, 5.41) is 0. The molecule has 126 valence electrons. The van der Waals surface area contributed by atoms with Crippen LogP contribution in [0.4, 0.5) is 0 Å². The number of fused-ring (bicyclic) bond motifs is 1. The first-order chi connectivity index (χ1) is 10.9. The molecule has 8 nitrogen and oxygen atoms in total. The predicted molar refractivity (Wildman–Crippen MR) is 86.6 cm³/mol. The van der Waals surface area contributed by atoms with Crippen LogP contribution in [0.2, 0.25) is 0 Å². The molecule has 0 aromatic carbocycles. The van der Waals surface area contributed by atoms with Gasteiger partial charge in [-0.1, -0.05) is 13.8 Å². The molecule has 0 radical (unpaired) electrons. The Balaban J connectivity index is 1.92. The van der Waals surface area contributed by atoms with Crippen molar-refractivity contribution in [2.24, 2.45) is 5.92 Å². The summed E-state index contributed by atoms with van der Waals surface area (Å²) in [5.74, 6) is 0.203. The number of H-pyrrole nitrogens is 1. The molecule has 1 fully saturated rings. The summed E-state index contributed by atoms with van der Waals surface area (Å²) < 4.78 is 28.0. The van der Waals surface area contributed by atoms with Gasteiger partial charge in [0.1, 0.15) is 11.8 Å². The zero-order valence-electron chi connectivity index (χ0n) is 13.3. The van der Waals surface area contributed by atoms with Crippen molar-refractivity contribution in [3.8, 4) is 0 Å². The van der Waals surface area contributed by atoms with Crippen LogP contribution in [0.25, 0.3) is 11.2 Å². The van der Waals surface area contributed by atoms with Crippen molar-refractivity contribution < 1.29 is 8.42 Å². The number of hydrogen-bond donors (Lipinski definition) is 1. The Labute approximate surface area is 134 Å². The highest BCUT2D eigenvalue weighted by Crippen LogP contribution is 2.25. The predicted octanol–water partition coefficient (Wildman–Crippen LogP) is 0.742. The van der Waals surface area contributed by atoms with E-state index in [1.807, 2.05) is 13.8 Å². The van der Waals surface area contributed by atoms with E-state index in [1.165, 1.54) is 10.6 Å². The van der Waals surface area contributed by atoms with E-state index in [1.54, 1.807) is 10.8 Å². The van der Waals surface area contributed by atoms with Crippen molar-refractivity contribution >= 4 is 21.2 Å². The van der Waals surface area contributed by atoms with Gasteiger partial charge in [0, 0.05) is 13.1 Å². The van der Waals surface area contributed by atoms with E-state index < -0.39 is 10.0 Å². The van der Waals surface area contributed by atoms with E-state index in [-0.39, 0.29) is 23.4 Å². The van der Waals surface area contributed by atoms with E-state index in [9.17, 15) is 13.2 Å². The SMILES string of the molecule is CC(C)CS(=O)(=O)N1CCCC(n2c(=O)[nH]c3cncnc32)C1. The van der Waals surface area contributed by atoms with Gasteiger partial charge >= 0.3 is 5.69 Å². The van der Waals surface area contributed by atoms with Gasteiger partial charge in [0.05, 0.1) is 18.0 Å². The molecule has 3 heterocycles. The number of piperidine rings is 1. The Morgan fingerprint density at radius 2 is 2.22 bits per heavy atom. The first-order valence-electron chi connectivity index (χ1n) is 7.76. The molecule has 2 aromatic rings. The van der Waals surface area contributed by atoms with Crippen LogP contribution in [0, 0.1) is 5.92 Å². The van der Waals surface area contributed by atoms with Crippen LogP contribution >= 0.6 is 0 Å². The molecule has 0 spiro atoms. The quantitative estimate of drug-likeness (QED) is 0.885. The second-order valence-corrected chi connectivity index (χ2v) is 8.40. The normalized spacial score (nSPS) is 20.4. The lowest BCUT2D eigenvalue weighted by Crippen LogP contribution is -2.44. The van der Waals surface area contributed by atoms with Crippen LogP contribution in [-0.2, 0) is 10.0 Å².